The van der Waals surface area contributed by atoms with Crippen LogP contribution >= 0.6 is 0 Å². The summed E-state index contributed by atoms with van der Waals surface area (Å²) in [5.74, 6) is -0.940. The van der Waals surface area contributed by atoms with Crippen molar-refractivity contribution in [3.05, 3.63) is 66.0 Å². The first-order valence-electron chi connectivity index (χ1n) is 5.44. The number of aliphatic carboxylic acids is 1. The molecule has 0 amide bonds. The average molecular weight is 227 g/mol. The van der Waals surface area contributed by atoms with Crippen molar-refractivity contribution >= 4 is 5.97 Å². The third-order valence-corrected chi connectivity index (χ3v) is 2.67. The van der Waals surface area contributed by atoms with E-state index in [0.29, 0.717) is 0 Å². The van der Waals surface area contributed by atoms with E-state index in [1.165, 1.54) is 0 Å². The quantitative estimate of drug-likeness (QED) is 0.873. The Labute approximate surface area is 99.8 Å². The van der Waals surface area contributed by atoms with E-state index in [1.807, 2.05) is 42.5 Å². The monoisotopic (exact) mass is 227 g/mol. The summed E-state index contributed by atoms with van der Waals surface area (Å²) in [6.07, 6.45) is 3.49. The van der Waals surface area contributed by atoms with Gasteiger partial charge in [-0.2, -0.15) is 0 Å². The molecule has 0 saturated heterocycles. The van der Waals surface area contributed by atoms with E-state index in [1.54, 1.807) is 12.4 Å². The molecule has 3 nitrogen and oxygen atoms in total. The molecule has 1 N–H and O–H groups in total. The van der Waals surface area contributed by atoms with Gasteiger partial charge in [0.15, 0.2) is 0 Å². The largest absolute Gasteiger partial charge is 0.481 e. The van der Waals surface area contributed by atoms with Crippen LogP contribution < -0.4 is 0 Å². The maximum Gasteiger partial charge on any atom is 0.304 e. The van der Waals surface area contributed by atoms with Crippen molar-refractivity contribution in [2.24, 2.45) is 0 Å². The second kappa shape index (κ2) is 5.25. The van der Waals surface area contributed by atoms with Crippen LogP contribution in [0.1, 0.15) is 23.5 Å². The molecule has 0 bridgehead atoms. The van der Waals surface area contributed by atoms with Crippen molar-refractivity contribution in [3.63, 3.8) is 0 Å². The Morgan fingerprint density at radius 2 is 1.82 bits per heavy atom. The number of carboxylic acid groups (broad SMARTS) is 1. The zero-order chi connectivity index (χ0) is 12.1. The first kappa shape index (κ1) is 11.3. The van der Waals surface area contributed by atoms with Crippen LogP contribution in [0.4, 0.5) is 0 Å². The zero-order valence-electron chi connectivity index (χ0n) is 9.28. The van der Waals surface area contributed by atoms with Gasteiger partial charge in [0, 0.05) is 18.3 Å². The van der Waals surface area contributed by atoms with Crippen LogP contribution in [-0.2, 0) is 4.79 Å². The van der Waals surface area contributed by atoms with Crippen molar-refractivity contribution in [1.29, 1.82) is 0 Å². The summed E-state index contributed by atoms with van der Waals surface area (Å²) in [5.41, 5.74) is 1.93. The van der Waals surface area contributed by atoms with Gasteiger partial charge in [0.05, 0.1) is 6.42 Å². The highest BCUT2D eigenvalue weighted by Crippen LogP contribution is 2.27. The molecule has 1 heterocycles. The lowest BCUT2D eigenvalue weighted by Crippen LogP contribution is -2.08. The third kappa shape index (κ3) is 2.91. The first-order chi connectivity index (χ1) is 8.27. The normalized spacial score (nSPS) is 12.0. The second-order valence-electron chi connectivity index (χ2n) is 3.85. The summed E-state index contributed by atoms with van der Waals surface area (Å²) in [6.45, 7) is 0. The number of rotatable bonds is 4. The van der Waals surface area contributed by atoms with E-state index in [0.717, 1.165) is 11.1 Å². The van der Waals surface area contributed by atoms with Gasteiger partial charge in [-0.05, 0) is 17.2 Å². The minimum absolute atomic E-state index is 0.0791. The minimum Gasteiger partial charge on any atom is -0.481 e. The molecule has 1 aromatic heterocycles. The molecule has 0 aliphatic carbocycles. The molecule has 1 aromatic carbocycles. The molecule has 0 spiro atoms. The molecule has 17 heavy (non-hydrogen) atoms. The molecular formula is C14H13NO2. The molecule has 2 rings (SSSR count). The lowest BCUT2D eigenvalue weighted by Gasteiger charge is -2.15. The van der Waals surface area contributed by atoms with Crippen LogP contribution in [0.5, 0.6) is 0 Å². The Bertz CT molecular complexity index is 443. The Kier molecular flexibility index (Phi) is 3.50. The molecule has 0 radical (unpaired) electrons. The minimum atomic E-state index is -0.803. The predicted octanol–water partition coefficient (Wildman–Crippen LogP) is 2.69. The summed E-state index contributed by atoms with van der Waals surface area (Å²) in [7, 11) is 0. The third-order valence-electron chi connectivity index (χ3n) is 2.67. The zero-order valence-corrected chi connectivity index (χ0v) is 9.28. The van der Waals surface area contributed by atoms with Crippen LogP contribution in [0.15, 0.2) is 54.9 Å². The Morgan fingerprint density at radius 3 is 2.41 bits per heavy atom. The molecule has 2 aromatic rings. The number of aromatic nitrogens is 1. The van der Waals surface area contributed by atoms with E-state index < -0.39 is 5.97 Å². The van der Waals surface area contributed by atoms with Crippen LogP contribution in [0.25, 0.3) is 0 Å². The topological polar surface area (TPSA) is 50.2 Å². The van der Waals surface area contributed by atoms with Gasteiger partial charge < -0.3 is 5.11 Å². The van der Waals surface area contributed by atoms with Crippen LogP contribution in [0.3, 0.4) is 0 Å². The van der Waals surface area contributed by atoms with Crippen molar-refractivity contribution in [2.75, 3.05) is 0 Å². The maximum atomic E-state index is 10.9. The van der Waals surface area contributed by atoms with Crippen LogP contribution in [0, 0.1) is 0 Å². The molecule has 0 aliphatic heterocycles. The lowest BCUT2D eigenvalue weighted by molar-refractivity contribution is -0.137. The van der Waals surface area contributed by atoms with Gasteiger partial charge in [-0.3, -0.25) is 9.78 Å². The highest BCUT2D eigenvalue weighted by molar-refractivity contribution is 5.69. The van der Waals surface area contributed by atoms with Gasteiger partial charge in [-0.1, -0.05) is 36.4 Å². The molecular weight excluding hydrogens is 214 g/mol. The highest BCUT2D eigenvalue weighted by Gasteiger charge is 2.17. The molecule has 0 unspecified atom stereocenters. The fraction of sp³-hybridized carbons (Fsp3) is 0.143. The van der Waals surface area contributed by atoms with Gasteiger partial charge >= 0.3 is 5.97 Å². The van der Waals surface area contributed by atoms with Crippen molar-refractivity contribution in [1.82, 2.24) is 4.98 Å². The van der Waals surface area contributed by atoms with Crippen LogP contribution in [-0.4, -0.2) is 16.1 Å². The number of carboxylic acids is 1. The standard InChI is InChI=1S/C14H13NO2/c16-14(17)9-13(11-5-2-1-3-6-11)12-7-4-8-15-10-12/h1-8,10,13H,9H2,(H,16,17)/t13-/m1/s1. The maximum absolute atomic E-state index is 10.9. The lowest BCUT2D eigenvalue weighted by atomic mass is 9.90. The Hall–Kier alpha value is -2.16. The summed E-state index contributed by atoms with van der Waals surface area (Å²) >= 11 is 0. The highest BCUT2D eigenvalue weighted by atomic mass is 16.4. The second-order valence-corrected chi connectivity index (χ2v) is 3.85. The van der Waals surface area contributed by atoms with Gasteiger partial charge in [-0.25, -0.2) is 0 Å². The smallest absolute Gasteiger partial charge is 0.304 e. The molecule has 0 saturated carbocycles. The van der Waals surface area contributed by atoms with Crippen molar-refractivity contribution in [2.45, 2.75) is 12.3 Å². The van der Waals surface area contributed by atoms with E-state index >= 15 is 0 Å². The summed E-state index contributed by atoms with van der Waals surface area (Å²) in [6, 6.07) is 13.4. The number of carbonyl (C=O) groups is 1. The average Bonchev–Trinajstić information content (AvgIpc) is 2.38. The number of pyridine rings is 1. The summed E-state index contributed by atoms with van der Waals surface area (Å²) in [5, 5.41) is 8.99. The molecule has 1 atom stereocenters. The van der Waals surface area contributed by atoms with Gasteiger partial charge in [0.2, 0.25) is 0 Å². The number of hydrogen-bond donors (Lipinski definition) is 1. The van der Waals surface area contributed by atoms with E-state index in [9.17, 15) is 4.79 Å². The first-order valence-corrected chi connectivity index (χ1v) is 5.44. The molecule has 86 valence electrons. The van der Waals surface area contributed by atoms with Crippen molar-refractivity contribution in [3.8, 4) is 0 Å². The van der Waals surface area contributed by atoms with E-state index in [-0.39, 0.29) is 12.3 Å². The van der Waals surface area contributed by atoms with Crippen LogP contribution in [0.2, 0.25) is 0 Å². The fourth-order valence-corrected chi connectivity index (χ4v) is 1.87. The molecule has 3 heteroatoms. The molecule has 0 aliphatic rings. The van der Waals surface area contributed by atoms with Gasteiger partial charge in [-0.15, -0.1) is 0 Å². The Morgan fingerprint density at radius 1 is 1.12 bits per heavy atom. The summed E-state index contributed by atoms with van der Waals surface area (Å²) in [4.78, 5) is 15.0. The van der Waals surface area contributed by atoms with E-state index in [4.69, 9.17) is 5.11 Å². The van der Waals surface area contributed by atoms with E-state index in [2.05, 4.69) is 4.98 Å². The SMILES string of the molecule is O=C(O)C[C@H](c1ccccc1)c1cccnc1. The fourth-order valence-electron chi connectivity index (χ4n) is 1.87. The number of nitrogens with zero attached hydrogens (tertiary/aromatic N) is 1. The summed E-state index contributed by atoms with van der Waals surface area (Å²) < 4.78 is 0. The van der Waals surface area contributed by atoms with Gasteiger partial charge in [0.25, 0.3) is 0 Å². The molecule has 0 fully saturated rings. The number of benzene rings is 1. The number of hydrogen-bond acceptors (Lipinski definition) is 2. The predicted molar refractivity (Wildman–Crippen MR) is 64.8 cm³/mol. The van der Waals surface area contributed by atoms with Crippen molar-refractivity contribution < 1.29 is 9.90 Å². The Balaban J connectivity index is 2.36. The van der Waals surface area contributed by atoms with Gasteiger partial charge in [0.1, 0.15) is 0 Å².